The average molecular weight is 485 g/mol. The molecule has 0 bridgehead atoms. The van der Waals surface area contributed by atoms with Gasteiger partial charge < -0.3 is 10.6 Å². The van der Waals surface area contributed by atoms with Crippen LogP contribution in [0, 0.1) is 0 Å². The predicted molar refractivity (Wildman–Crippen MR) is 141 cm³/mol. The summed E-state index contributed by atoms with van der Waals surface area (Å²) in [5.74, 6) is -0.710. The summed E-state index contributed by atoms with van der Waals surface area (Å²) in [7, 11) is 0. The number of carbonyl (C=O) groups is 2. The second-order valence-electron chi connectivity index (χ2n) is 8.78. The van der Waals surface area contributed by atoms with E-state index < -0.39 is 0 Å². The first-order valence-electron chi connectivity index (χ1n) is 11.7. The number of Topliss-reactive ketones (excluding diaryl/α,β-unsaturated/α-hetero) is 2. The molecule has 6 heteroatoms. The third-order valence-electron chi connectivity index (χ3n) is 6.62. The number of hydrogen-bond acceptors (Lipinski definition) is 6. The van der Waals surface area contributed by atoms with Crippen LogP contribution in [0.5, 0.6) is 0 Å². The molecule has 4 aromatic rings. The molecule has 34 heavy (non-hydrogen) atoms. The number of nitrogens with one attached hydrogen (secondary N) is 2. The van der Waals surface area contributed by atoms with Crippen LogP contribution >= 0.6 is 22.7 Å². The maximum Gasteiger partial charge on any atom is 0.244 e. The molecule has 0 fully saturated rings. The van der Waals surface area contributed by atoms with E-state index in [0.717, 1.165) is 71.0 Å². The lowest BCUT2D eigenvalue weighted by atomic mass is 10.0. The standard InChI is InChI=1S/C28H24N2O2S2/c31-23(25-19-13-7-15-21(19)27(33-25)29-17-9-3-1-4-10-17)24(32)26-20-14-8-16-22(20)28(34-26)30-18-11-5-2-6-12-18/h1-6,9-12,29-30H,7-8,13-16H2. The van der Waals surface area contributed by atoms with Crippen molar-refractivity contribution < 1.29 is 9.59 Å². The molecule has 4 nitrogen and oxygen atoms in total. The van der Waals surface area contributed by atoms with Gasteiger partial charge in [-0.3, -0.25) is 9.59 Å². The van der Waals surface area contributed by atoms with E-state index in [0.29, 0.717) is 9.75 Å². The van der Waals surface area contributed by atoms with E-state index in [9.17, 15) is 9.59 Å². The molecule has 2 aliphatic carbocycles. The summed E-state index contributed by atoms with van der Waals surface area (Å²) in [6, 6.07) is 20.0. The Bertz CT molecular complexity index is 1280. The molecule has 6 rings (SSSR count). The van der Waals surface area contributed by atoms with Crippen molar-refractivity contribution in [2.24, 2.45) is 0 Å². The van der Waals surface area contributed by atoms with Gasteiger partial charge in [0.2, 0.25) is 11.6 Å². The van der Waals surface area contributed by atoms with Crippen LogP contribution in [-0.4, -0.2) is 11.6 Å². The van der Waals surface area contributed by atoms with Gasteiger partial charge in [-0.15, -0.1) is 22.7 Å². The smallest absolute Gasteiger partial charge is 0.244 e. The van der Waals surface area contributed by atoms with E-state index >= 15 is 0 Å². The molecule has 0 saturated carbocycles. The van der Waals surface area contributed by atoms with Crippen LogP contribution < -0.4 is 10.6 Å². The van der Waals surface area contributed by atoms with Crippen LogP contribution in [0.25, 0.3) is 0 Å². The fraction of sp³-hybridized carbons (Fsp3) is 0.214. The first-order chi connectivity index (χ1) is 16.7. The Balaban J connectivity index is 1.32. The van der Waals surface area contributed by atoms with Gasteiger partial charge in [0.15, 0.2) is 0 Å². The summed E-state index contributed by atoms with van der Waals surface area (Å²) in [5, 5.41) is 8.95. The third-order valence-corrected chi connectivity index (χ3v) is 9.00. The minimum atomic E-state index is -0.355. The van der Waals surface area contributed by atoms with Gasteiger partial charge in [0.05, 0.1) is 19.8 Å². The summed E-state index contributed by atoms with van der Waals surface area (Å²) >= 11 is 2.88. The molecular weight excluding hydrogens is 460 g/mol. The molecule has 0 saturated heterocycles. The highest BCUT2D eigenvalue weighted by Gasteiger charge is 2.34. The molecule has 2 aromatic carbocycles. The van der Waals surface area contributed by atoms with Gasteiger partial charge in [0.25, 0.3) is 0 Å². The molecular formula is C28H24N2O2S2. The molecule has 170 valence electrons. The molecule has 0 unspecified atom stereocenters. The normalized spacial score (nSPS) is 14.0. The Morgan fingerprint density at radius 1 is 0.559 bits per heavy atom. The zero-order chi connectivity index (χ0) is 23.1. The third kappa shape index (κ3) is 3.77. The number of hydrogen-bond donors (Lipinski definition) is 2. The van der Waals surface area contributed by atoms with Crippen molar-refractivity contribution in [3.63, 3.8) is 0 Å². The van der Waals surface area contributed by atoms with Gasteiger partial charge in [0, 0.05) is 11.4 Å². The summed E-state index contributed by atoms with van der Waals surface area (Å²) < 4.78 is 0. The van der Waals surface area contributed by atoms with Crippen LogP contribution in [0.2, 0.25) is 0 Å². The van der Waals surface area contributed by atoms with Crippen molar-refractivity contribution in [3.8, 4) is 0 Å². The van der Waals surface area contributed by atoms with Crippen LogP contribution in [0.3, 0.4) is 0 Å². The number of thiophene rings is 2. The number of anilines is 4. The van der Waals surface area contributed by atoms with Crippen LogP contribution in [0.1, 0.15) is 54.4 Å². The van der Waals surface area contributed by atoms with Crippen molar-refractivity contribution in [3.05, 3.63) is 92.7 Å². The summed E-state index contributed by atoms with van der Waals surface area (Å²) in [6.07, 6.45) is 5.66. The van der Waals surface area contributed by atoms with E-state index in [1.165, 1.54) is 33.8 Å². The van der Waals surface area contributed by atoms with E-state index in [-0.39, 0.29) is 11.6 Å². The fourth-order valence-corrected chi connectivity index (χ4v) is 7.53. The lowest BCUT2D eigenvalue weighted by molar-refractivity contribution is 0.0820. The highest BCUT2D eigenvalue weighted by molar-refractivity contribution is 7.21. The molecule has 0 spiro atoms. The molecule has 0 aliphatic heterocycles. The summed E-state index contributed by atoms with van der Waals surface area (Å²) in [6.45, 7) is 0. The Hall–Kier alpha value is -3.22. The number of para-hydroxylation sites is 2. The number of rotatable bonds is 7. The van der Waals surface area contributed by atoms with Crippen LogP contribution in [0.4, 0.5) is 21.4 Å². The van der Waals surface area contributed by atoms with Gasteiger partial charge in [-0.25, -0.2) is 0 Å². The van der Waals surface area contributed by atoms with E-state index in [4.69, 9.17) is 0 Å². The Kier molecular flexibility index (Phi) is 5.55. The molecule has 2 aromatic heterocycles. The zero-order valence-corrected chi connectivity index (χ0v) is 20.3. The topological polar surface area (TPSA) is 58.2 Å². The molecule has 0 radical (unpaired) electrons. The zero-order valence-electron chi connectivity index (χ0n) is 18.6. The van der Waals surface area contributed by atoms with Crippen molar-refractivity contribution in [2.75, 3.05) is 10.6 Å². The fourth-order valence-electron chi connectivity index (χ4n) is 5.02. The van der Waals surface area contributed by atoms with Crippen molar-refractivity contribution in [2.45, 2.75) is 38.5 Å². The number of fused-ring (bicyclic) bond motifs is 2. The average Bonchev–Trinajstić information content (AvgIpc) is 3.64. The largest absolute Gasteiger partial charge is 0.347 e. The van der Waals surface area contributed by atoms with Gasteiger partial charge in [-0.05, 0) is 85.0 Å². The lowest BCUT2D eigenvalue weighted by Crippen LogP contribution is -2.14. The summed E-state index contributed by atoms with van der Waals surface area (Å²) in [5.41, 5.74) is 6.53. The van der Waals surface area contributed by atoms with E-state index in [1.807, 2.05) is 60.7 Å². The van der Waals surface area contributed by atoms with E-state index in [1.54, 1.807) is 0 Å². The Morgan fingerprint density at radius 2 is 0.941 bits per heavy atom. The molecule has 2 aliphatic rings. The highest BCUT2D eigenvalue weighted by atomic mass is 32.1. The molecule has 0 amide bonds. The van der Waals surface area contributed by atoms with Crippen molar-refractivity contribution in [1.82, 2.24) is 0 Å². The van der Waals surface area contributed by atoms with Crippen LogP contribution in [-0.2, 0) is 25.7 Å². The van der Waals surface area contributed by atoms with Crippen molar-refractivity contribution in [1.29, 1.82) is 0 Å². The predicted octanol–water partition coefficient (Wildman–Crippen LogP) is 7.34. The summed E-state index contributed by atoms with van der Waals surface area (Å²) in [4.78, 5) is 28.4. The number of carbonyl (C=O) groups excluding carboxylic acids is 2. The second kappa shape index (κ2) is 8.85. The quantitative estimate of drug-likeness (QED) is 0.213. The SMILES string of the molecule is O=C(C(=O)c1sc(Nc2ccccc2)c2c1CCC2)c1sc(Nc2ccccc2)c2c1CCC2. The van der Waals surface area contributed by atoms with Crippen LogP contribution in [0.15, 0.2) is 60.7 Å². The molecule has 2 N–H and O–H groups in total. The van der Waals surface area contributed by atoms with Gasteiger partial charge in [-0.2, -0.15) is 0 Å². The monoisotopic (exact) mass is 484 g/mol. The van der Waals surface area contributed by atoms with Crippen molar-refractivity contribution >= 4 is 55.6 Å². The first-order valence-corrected chi connectivity index (χ1v) is 13.3. The number of ketones is 2. The maximum absolute atomic E-state index is 13.6. The maximum atomic E-state index is 13.6. The highest BCUT2D eigenvalue weighted by Crippen LogP contribution is 2.44. The first kappa shape index (κ1) is 21.3. The van der Waals surface area contributed by atoms with Gasteiger partial charge >= 0.3 is 0 Å². The molecule has 0 atom stereocenters. The second-order valence-corrected chi connectivity index (χ2v) is 10.8. The lowest BCUT2D eigenvalue weighted by Gasteiger charge is -2.05. The molecule has 2 heterocycles. The van der Waals surface area contributed by atoms with Gasteiger partial charge in [-0.1, -0.05) is 36.4 Å². The van der Waals surface area contributed by atoms with Gasteiger partial charge in [0.1, 0.15) is 0 Å². The Labute approximate surface area is 206 Å². The minimum Gasteiger partial charge on any atom is -0.347 e. The minimum absolute atomic E-state index is 0.355. The van der Waals surface area contributed by atoms with E-state index in [2.05, 4.69) is 10.6 Å². The number of benzene rings is 2. The Morgan fingerprint density at radius 3 is 1.35 bits per heavy atom.